The Morgan fingerprint density at radius 1 is 1.88 bits per heavy atom. The molecule has 0 N–H and O–H groups in total. The van der Waals surface area contributed by atoms with Gasteiger partial charge in [0.15, 0.2) is 0 Å². The van der Waals surface area contributed by atoms with Gasteiger partial charge in [0.05, 0.1) is 16.1 Å². The van der Waals surface area contributed by atoms with Crippen LogP contribution in [-0.4, -0.2) is 16.6 Å². The summed E-state index contributed by atoms with van der Waals surface area (Å²) in [4.78, 5) is 14.6. The van der Waals surface area contributed by atoms with E-state index in [0.717, 1.165) is 0 Å². The topological polar surface area (TPSA) is 29.5 Å². The lowest BCUT2D eigenvalue weighted by Crippen LogP contribution is -2.14. The highest BCUT2D eigenvalue weighted by Gasteiger charge is 1.97. The molecule has 0 bridgehead atoms. The van der Waals surface area contributed by atoms with E-state index in [0.29, 0.717) is 6.54 Å². The van der Waals surface area contributed by atoms with E-state index in [-0.39, 0.29) is 5.97 Å². The minimum atomic E-state index is -0.316. The smallest absolute Gasteiger partial charge is 0.323 e. The second-order valence-corrected chi connectivity index (χ2v) is 2.01. The van der Waals surface area contributed by atoms with E-state index in [4.69, 9.17) is 0 Å². The molecule has 8 heavy (non-hydrogen) atoms. The number of nitrogens with zero attached hydrogens (tertiary/aromatic N) is 1. The van der Waals surface area contributed by atoms with Gasteiger partial charge >= 0.3 is 5.97 Å². The standard InChI is InChI=1S/C4H8BrNO2/c1-3-6(5)8-4(2)7/h3H2,1-2H3. The first-order valence-corrected chi connectivity index (χ1v) is 2.99. The molecule has 0 radical (unpaired) electrons. The Balaban J connectivity index is 3.24. The molecular formula is C4H8BrNO2. The molecule has 0 amide bonds. The van der Waals surface area contributed by atoms with Crippen molar-refractivity contribution in [1.82, 2.24) is 4.09 Å². The summed E-state index contributed by atoms with van der Waals surface area (Å²) in [5, 5.41) is 0. The van der Waals surface area contributed by atoms with E-state index >= 15 is 0 Å². The minimum absolute atomic E-state index is 0.316. The van der Waals surface area contributed by atoms with Crippen LogP contribution in [0.2, 0.25) is 0 Å². The molecule has 48 valence electrons. The Bertz CT molecular complexity index is 86.1. The first-order valence-electron chi connectivity index (χ1n) is 2.28. The van der Waals surface area contributed by atoms with Crippen LogP contribution in [-0.2, 0) is 9.63 Å². The van der Waals surface area contributed by atoms with Crippen LogP contribution < -0.4 is 0 Å². The van der Waals surface area contributed by atoms with Gasteiger partial charge in [0.2, 0.25) is 0 Å². The second-order valence-electron chi connectivity index (χ2n) is 1.22. The van der Waals surface area contributed by atoms with Crippen LogP contribution >= 0.6 is 16.1 Å². The molecule has 0 saturated carbocycles. The molecule has 0 aliphatic carbocycles. The van der Waals surface area contributed by atoms with Crippen LogP contribution in [0.1, 0.15) is 13.8 Å². The third-order valence-electron chi connectivity index (χ3n) is 0.476. The van der Waals surface area contributed by atoms with Crippen molar-refractivity contribution >= 4 is 22.1 Å². The highest BCUT2D eigenvalue weighted by Crippen LogP contribution is 1.96. The van der Waals surface area contributed by atoms with E-state index in [1.807, 2.05) is 6.92 Å². The molecule has 0 aliphatic heterocycles. The van der Waals surface area contributed by atoms with Crippen LogP contribution in [0.5, 0.6) is 0 Å². The predicted octanol–water partition coefficient (Wildman–Crippen LogP) is 1.10. The summed E-state index contributed by atoms with van der Waals surface area (Å²) in [6.07, 6.45) is 0. The van der Waals surface area contributed by atoms with E-state index in [1.165, 1.54) is 11.0 Å². The predicted molar refractivity (Wildman–Crippen MR) is 33.1 cm³/mol. The average Bonchev–Trinajstić information content (AvgIpc) is 1.65. The zero-order valence-corrected chi connectivity index (χ0v) is 6.43. The van der Waals surface area contributed by atoms with Crippen molar-refractivity contribution in [2.24, 2.45) is 0 Å². The number of carbonyl (C=O) groups is 1. The largest absolute Gasteiger partial charge is 0.357 e. The molecule has 0 atom stereocenters. The summed E-state index contributed by atoms with van der Waals surface area (Å²) in [5.74, 6) is -0.316. The Morgan fingerprint density at radius 2 is 2.38 bits per heavy atom. The van der Waals surface area contributed by atoms with Gasteiger partial charge in [-0.1, -0.05) is 4.09 Å². The van der Waals surface area contributed by atoms with Gasteiger partial charge in [-0.2, -0.15) is 0 Å². The Hall–Kier alpha value is -0.0900. The molecule has 0 unspecified atom stereocenters. The fourth-order valence-corrected chi connectivity index (χ4v) is 0.408. The number of halogens is 1. The van der Waals surface area contributed by atoms with Crippen LogP contribution in [0.4, 0.5) is 0 Å². The van der Waals surface area contributed by atoms with Crippen molar-refractivity contribution in [1.29, 1.82) is 0 Å². The van der Waals surface area contributed by atoms with Gasteiger partial charge in [0.25, 0.3) is 0 Å². The quantitative estimate of drug-likeness (QED) is 0.473. The maximum atomic E-state index is 10.1. The molecule has 0 rings (SSSR count). The average molecular weight is 182 g/mol. The lowest BCUT2D eigenvalue weighted by atomic mass is 10.8. The summed E-state index contributed by atoms with van der Waals surface area (Å²) in [6.45, 7) is 3.85. The van der Waals surface area contributed by atoms with Crippen LogP contribution in [0.15, 0.2) is 0 Å². The third kappa shape index (κ3) is 4.08. The summed E-state index contributed by atoms with van der Waals surface area (Å²) in [7, 11) is 0. The molecular weight excluding hydrogens is 174 g/mol. The molecule has 0 aromatic rings. The Kier molecular flexibility index (Phi) is 3.81. The molecule has 0 heterocycles. The Labute approximate surface area is 56.9 Å². The van der Waals surface area contributed by atoms with Crippen molar-refractivity contribution in [3.63, 3.8) is 0 Å². The van der Waals surface area contributed by atoms with Crippen molar-refractivity contribution in [2.45, 2.75) is 13.8 Å². The van der Waals surface area contributed by atoms with Crippen molar-refractivity contribution in [2.75, 3.05) is 6.54 Å². The van der Waals surface area contributed by atoms with E-state index in [1.54, 1.807) is 0 Å². The van der Waals surface area contributed by atoms with E-state index < -0.39 is 0 Å². The van der Waals surface area contributed by atoms with Crippen LogP contribution in [0.25, 0.3) is 0 Å². The summed E-state index contributed by atoms with van der Waals surface area (Å²) in [5.41, 5.74) is 0. The van der Waals surface area contributed by atoms with Gasteiger partial charge in [-0.3, -0.25) is 4.79 Å². The number of hydroxylamine groups is 1. The van der Waals surface area contributed by atoms with E-state index in [2.05, 4.69) is 21.0 Å². The van der Waals surface area contributed by atoms with Gasteiger partial charge in [-0.25, -0.2) is 0 Å². The van der Waals surface area contributed by atoms with Gasteiger partial charge in [-0.05, 0) is 6.92 Å². The van der Waals surface area contributed by atoms with E-state index in [9.17, 15) is 4.79 Å². The molecule has 0 aromatic heterocycles. The zero-order chi connectivity index (χ0) is 6.57. The van der Waals surface area contributed by atoms with Crippen LogP contribution in [0, 0.1) is 0 Å². The summed E-state index contributed by atoms with van der Waals surface area (Å²) < 4.78 is 1.29. The van der Waals surface area contributed by atoms with Gasteiger partial charge < -0.3 is 4.84 Å². The molecule has 0 fully saturated rings. The molecule has 0 aliphatic rings. The second kappa shape index (κ2) is 3.86. The van der Waals surface area contributed by atoms with Crippen molar-refractivity contribution in [3.8, 4) is 0 Å². The normalized spacial score (nSPS) is 9.50. The SMILES string of the molecule is CCN(Br)OC(C)=O. The summed E-state index contributed by atoms with van der Waals surface area (Å²) in [6, 6.07) is 0. The third-order valence-corrected chi connectivity index (χ3v) is 1.12. The molecule has 3 nitrogen and oxygen atoms in total. The molecule has 0 saturated heterocycles. The Morgan fingerprint density at radius 3 is 2.50 bits per heavy atom. The number of hydrogen-bond donors (Lipinski definition) is 0. The lowest BCUT2D eigenvalue weighted by Gasteiger charge is -2.07. The number of hydrogen-bond acceptors (Lipinski definition) is 3. The monoisotopic (exact) mass is 181 g/mol. The molecule has 0 spiro atoms. The minimum Gasteiger partial charge on any atom is -0.357 e. The number of carbonyl (C=O) groups excluding carboxylic acids is 1. The van der Waals surface area contributed by atoms with Crippen molar-refractivity contribution in [3.05, 3.63) is 0 Å². The number of rotatable bonds is 2. The zero-order valence-electron chi connectivity index (χ0n) is 4.85. The van der Waals surface area contributed by atoms with Gasteiger partial charge in [-0.15, -0.1) is 0 Å². The van der Waals surface area contributed by atoms with Gasteiger partial charge in [0, 0.05) is 13.5 Å². The summed E-state index contributed by atoms with van der Waals surface area (Å²) >= 11 is 2.97. The molecule has 4 heteroatoms. The molecule has 0 aromatic carbocycles. The fourth-order valence-electron chi connectivity index (χ4n) is 0.204. The maximum Gasteiger partial charge on any atom is 0.323 e. The highest BCUT2D eigenvalue weighted by molar-refractivity contribution is 9.07. The lowest BCUT2D eigenvalue weighted by molar-refractivity contribution is -0.162. The first-order chi connectivity index (χ1) is 3.66. The van der Waals surface area contributed by atoms with Crippen molar-refractivity contribution < 1.29 is 9.63 Å². The van der Waals surface area contributed by atoms with Crippen LogP contribution in [0.3, 0.4) is 0 Å². The maximum absolute atomic E-state index is 10.1. The fraction of sp³-hybridized carbons (Fsp3) is 0.750. The first kappa shape index (κ1) is 7.91. The van der Waals surface area contributed by atoms with Gasteiger partial charge in [0.1, 0.15) is 0 Å². The highest BCUT2D eigenvalue weighted by atomic mass is 79.9.